The minimum absolute atomic E-state index is 0. The van der Waals surface area contributed by atoms with E-state index in [4.69, 9.17) is 0 Å². The third-order valence-electron chi connectivity index (χ3n) is 6.94. The van der Waals surface area contributed by atoms with Crippen molar-refractivity contribution in [3.63, 3.8) is 0 Å². The maximum atomic E-state index is 12.2. The van der Waals surface area contributed by atoms with Gasteiger partial charge in [-0.3, -0.25) is 9.11 Å². The van der Waals surface area contributed by atoms with Crippen LogP contribution in [0.3, 0.4) is 0 Å². The molecule has 0 amide bonds. The Hall–Kier alpha value is -3.54. The maximum Gasteiger partial charge on any atom is 0.296 e. The molecule has 2 radical (unpaired) electrons. The van der Waals surface area contributed by atoms with Gasteiger partial charge in [-0.1, -0.05) is 54.6 Å². The summed E-state index contributed by atoms with van der Waals surface area (Å²) >= 11 is 0. The summed E-state index contributed by atoms with van der Waals surface area (Å²) in [7, 11) is -9.02. The van der Waals surface area contributed by atoms with Gasteiger partial charge in [0.25, 0.3) is 20.2 Å². The molecule has 0 aliphatic heterocycles. The predicted molar refractivity (Wildman–Crippen MR) is 185 cm³/mol. The molecule has 0 saturated heterocycles. The second-order valence-corrected chi connectivity index (χ2v) is 12.8. The van der Waals surface area contributed by atoms with Crippen LogP contribution in [-0.2, 0) is 20.2 Å². The summed E-state index contributed by atoms with van der Waals surface area (Å²) in [4.78, 5) is -0.655. The number of aromatic hydroxyl groups is 1. The van der Waals surface area contributed by atoms with Crippen LogP contribution in [0.5, 0.6) is 5.75 Å². The summed E-state index contributed by atoms with van der Waals surface area (Å²) in [6, 6.07) is 30.4. The van der Waals surface area contributed by atoms with Crippen molar-refractivity contribution >= 4 is 135 Å². The van der Waals surface area contributed by atoms with E-state index in [-0.39, 0.29) is 91.7 Å². The molecule has 0 saturated carbocycles. The summed E-state index contributed by atoms with van der Waals surface area (Å²) in [5.41, 5.74) is 1.97. The van der Waals surface area contributed by atoms with Gasteiger partial charge >= 0.3 is 0 Å². The fourth-order valence-corrected chi connectivity index (χ4v) is 5.95. The van der Waals surface area contributed by atoms with Crippen molar-refractivity contribution in [2.24, 2.45) is 20.5 Å². The number of phenols is 1. The van der Waals surface area contributed by atoms with Crippen molar-refractivity contribution in [3.05, 3.63) is 115 Å². The van der Waals surface area contributed by atoms with Gasteiger partial charge in [0.15, 0.2) is 0 Å². The number of azo groups is 2. The molecule has 0 bridgehead atoms. The molecule has 0 aliphatic carbocycles. The Bertz CT molecular complexity index is 2430. The van der Waals surface area contributed by atoms with Crippen LogP contribution in [0.25, 0.3) is 21.5 Å². The van der Waals surface area contributed by atoms with Gasteiger partial charge in [-0.25, -0.2) is 0 Å². The monoisotopic (exact) mass is 699 g/mol. The van der Waals surface area contributed by atoms with Gasteiger partial charge in [-0.05, 0) is 66.0 Å². The Morgan fingerprint density at radius 3 is 1.81 bits per heavy atom. The Morgan fingerprint density at radius 1 is 0.562 bits per heavy atom. The first-order valence-corrected chi connectivity index (χ1v) is 16.4. The Balaban J connectivity index is 0.00000260. The molecule has 12 nitrogen and oxygen atoms in total. The van der Waals surface area contributed by atoms with Crippen LogP contribution in [-0.4, -0.2) is 90.2 Å². The minimum Gasteiger partial charge on any atom is -0.506 e. The van der Waals surface area contributed by atoms with Crippen LogP contribution in [0.1, 0.15) is 0 Å². The second kappa shape index (κ2) is 15.3. The standard InChI is InChI=1S/C32H23N5O7S2.2Na/c38-30-17-10-20-18-23(45(39,40)41)12-13-24(20)32(30)37-36-28-16-15-27(25-8-4-5-9-26(25)28)35-34-22-11-14-29(31(19-22)46(42,43)44)33-21-6-2-1-3-7-21;;/h1-19,33,38H,(H,39,40,41)(H,42,43,44);;. The number of nitrogens with zero attached hydrogens (tertiary/aromatic N) is 4. The molecule has 0 spiro atoms. The van der Waals surface area contributed by atoms with Gasteiger partial charge in [0, 0.05) is 81.0 Å². The molecule has 6 aromatic carbocycles. The Morgan fingerprint density at radius 2 is 1.19 bits per heavy atom. The van der Waals surface area contributed by atoms with E-state index in [1.165, 1.54) is 42.5 Å². The van der Waals surface area contributed by atoms with E-state index in [1.54, 1.807) is 66.7 Å². The van der Waals surface area contributed by atoms with Crippen LogP contribution in [0.4, 0.5) is 34.1 Å². The van der Waals surface area contributed by atoms with Gasteiger partial charge in [-0.15, -0.1) is 15.3 Å². The molecule has 0 unspecified atom stereocenters. The normalized spacial score (nSPS) is 11.9. The van der Waals surface area contributed by atoms with Crippen LogP contribution in [0.15, 0.2) is 146 Å². The average Bonchev–Trinajstić information content (AvgIpc) is 3.03. The number of para-hydroxylation sites is 1. The number of phenolic OH excluding ortho intramolecular Hbond substituents is 1. The molecule has 0 atom stereocenters. The molecular formula is C32H23N5Na2O7S2. The first-order valence-electron chi connectivity index (χ1n) is 13.5. The van der Waals surface area contributed by atoms with Gasteiger partial charge in [0.2, 0.25) is 0 Å². The van der Waals surface area contributed by atoms with Crippen molar-refractivity contribution in [1.29, 1.82) is 0 Å². The van der Waals surface area contributed by atoms with Gasteiger partial charge < -0.3 is 10.4 Å². The third kappa shape index (κ3) is 8.36. The molecule has 232 valence electrons. The number of fused-ring (bicyclic) bond motifs is 2. The van der Waals surface area contributed by atoms with Crippen LogP contribution in [0.2, 0.25) is 0 Å². The summed E-state index contributed by atoms with van der Waals surface area (Å²) in [6.45, 7) is 0. The van der Waals surface area contributed by atoms with E-state index in [2.05, 4.69) is 25.8 Å². The molecular weight excluding hydrogens is 676 g/mol. The number of nitrogens with one attached hydrogen (secondary N) is 1. The largest absolute Gasteiger partial charge is 0.506 e. The molecule has 16 heteroatoms. The fourth-order valence-electron chi connectivity index (χ4n) is 4.77. The third-order valence-corrected chi connectivity index (χ3v) is 8.69. The first-order chi connectivity index (χ1) is 22.0. The summed E-state index contributed by atoms with van der Waals surface area (Å²) in [5.74, 6) is -0.181. The topological polar surface area (TPSA) is 190 Å². The van der Waals surface area contributed by atoms with E-state index < -0.39 is 20.2 Å². The predicted octanol–water partition coefficient (Wildman–Crippen LogP) is 8.00. The van der Waals surface area contributed by atoms with Crippen molar-refractivity contribution < 1.29 is 31.0 Å². The molecule has 0 heterocycles. The number of anilines is 2. The van der Waals surface area contributed by atoms with Crippen LogP contribution >= 0.6 is 0 Å². The van der Waals surface area contributed by atoms with E-state index in [0.29, 0.717) is 38.6 Å². The van der Waals surface area contributed by atoms with E-state index >= 15 is 0 Å². The quantitative estimate of drug-likeness (QED) is 0.0698. The molecule has 4 N–H and O–H groups in total. The van der Waals surface area contributed by atoms with Gasteiger partial charge in [0.1, 0.15) is 16.3 Å². The SMILES string of the molecule is O=S(=O)(O)c1ccc2c(N=Nc3ccc(N=Nc4ccc(Nc5ccccc5)c(S(=O)(=O)O)c4)c4ccccc34)c(O)ccc2c1.[Na].[Na]. The van der Waals surface area contributed by atoms with E-state index in [1.807, 2.05) is 6.07 Å². The fraction of sp³-hybridized carbons (Fsp3) is 0. The van der Waals surface area contributed by atoms with Crippen molar-refractivity contribution in [2.75, 3.05) is 5.32 Å². The van der Waals surface area contributed by atoms with Gasteiger partial charge in [0.05, 0.1) is 27.6 Å². The van der Waals surface area contributed by atoms with Gasteiger partial charge in [-0.2, -0.15) is 21.9 Å². The molecule has 48 heavy (non-hydrogen) atoms. The molecule has 6 aromatic rings. The molecule has 6 rings (SSSR count). The molecule has 0 aliphatic rings. The molecule has 0 fully saturated rings. The number of rotatable bonds is 8. The van der Waals surface area contributed by atoms with Crippen LogP contribution in [0, 0.1) is 0 Å². The number of hydrogen-bond donors (Lipinski definition) is 4. The number of benzene rings is 6. The summed E-state index contributed by atoms with van der Waals surface area (Å²) < 4.78 is 66.7. The maximum absolute atomic E-state index is 12.2. The molecule has 0 aromatic heterocycles. The van der Waals surface area contributed by atoms with Crippen molar-refractivity contribution in [1.82, 2.24) is 0 Å². The van der Waals surface area contributed by atoms with Crippen molar-refractivity contribution in [2.45, 2.75) is 9.79 Å². The summed E-state index contributed by atoms with van der Waals surface area (Å²) in [5, 5.41) is 32.8. The zero-order valence-electron chi connectivity index (χ0n) is 25.5. The van der Waals surface area contributed by atoms with Crippen molar-refractivity contribution in [3.8, 4) is 5.75 Å². The second-order valence-electron chi connectivity index (χ2n) is 9.99. The van der Waals surface area contributed by atoms with E-state index in [0.717, 1.165) is 0 Å². The Labute approximate surface area is 319 Å². The van der Waals surface area contributed by atoms with E-state index in [9.17, 15) is 31.0 Å². The first kappa shape index (κ1) is 37.3. The smallest absolute Gasteiger partial charge is 0.296 e. The minimum atomic E-state index is -4.60. The number of hydrogen-bond acceptors (Lipinski definition) is 10. The zero-order valence-corrected chi connectivity index (χ0v) is 31.2. The summed E-state index contributed by atoms with van der Waals surface area (Å²) in [6.07, 6.45) is 0. The Kier molecular flexibility index (Phi) is 11.9. The van der Waals surface area contributed by atoms with Crippen LogP contribution < -0.4 is 5.32 Å². The average molecular weight is 700 g/mol. The zero-order chi connectivity index (χ0) is 32.5.